The van der Waals surface area contributed by atoms with Gasteiger partial charge in [0.05, 0.1) is 13.2 Å². The Morgan fingerprint density at radius 1 is 1.22 bits per heavy atom. The predicted octanol–water partition coefficient (Wildman–Crippen LogP) is 3.40. The predicted molar refractivity (Wildman–Crippen MR) is 92.2 cm³/mol. The third-order valence-electron chi connectivity index (χ3n) is 3.31. The van der Waals surface area contributed by atoms with E-state index in [1.54, 1.807) is 14.0 Å². The van der Waals surface area contributed by atoms with E-state index < -0.39 is 6.10 Å². The first-order valence-corrected chi connectivity index (χ1v) is 7.90. The van der Waals surface area contributed by atoms with Gasteiger partial charge < -0.3 is 19.9 Å². The van der Waals surface area contributed by atoms with Gasteiger partial charge in [-0.05, 0) is 30.7 Å². The van der Waals surface area contributed by atoms with Gasteiger partial charge in [-0.15, -0.1) is 0 Å². The van der Waals surface area contributed by atoms with Gasteiger partial charge in [-0.3, -0.25) is 0 Å². The Morgan fingerprint density at radius 2 is 2.00 bits per heavy atom. The Morgan fingerprint density at radius 3 is 2.70 bits per heavy atom. The second kappa shape index (κ2) is 8.77. The first-order chi connectivity index (χ1) is 11.1. The van der Waals surface area contributed by atoms with E-state index in [1.165, 1.54) is 0 Å². The molecule has 0 fully saturated rings. The highest BCUT2D eigenvalue weighted by molar-refractivity contribution is 6.30. The van der Waals surface area contributed by atoms with Gasteiger partial charge >= 0.3 is 0 Å². The number of aliphatic hydroxyl groups excluding tert-OH is 1. The molecular weight excluding hydrogens is 314 g/mol. The molecule has 0 saturated heterocycles. The third kappa shape index (κ3) is 5.43. The summed E-state index contributed by atoms with van der Waals surface area (Å²) in [6, 6.07) is 13.3. The molecule has 23 heavy (non-hydrogen) atoms. The molecule has 2 aromatic carbocycles. The first-order valence-electron chi connectivity index (χ1n) is 7.52. The smallest absolute Gasteiger partial charge is 0.166 e. The summed E-state index contributed by atoms with van der Waals surface area (Å²) in [6.45, 7) is 3.26. The summed E-state index contributed by atoms with van der Waals surface area (Å²) in [5, 5.41) is 13.2. The maximum Gasteiger partial charge on any atom is 0.166 e. The standard InChI is InChI=1S/C18H22ClNO3/c1-13(21)10-20-11-15-6-4-8-17(22-2)18(15)23-12-14-5-3-7-16(19)9-14/h3-9,13,20-21H,10-12H2,1-2H3/t13-/m1/s1. The topological polar surface area (TPSA) is 50.7 Å². The van der Waals surface area contributed by atoms with Crippen molar-refractivity contribution in [1.29, 1.82) is 0 Å². The minimum atomic E-state index is -0.392. The Bertz CT molecular complexity index is 631. The van der Waals surface area contributed by atoms with Gasteiger partial charge in [0.25, 0.3) is 0 Å². The summed E-state index contributed by atoms with van der Waals surface area (Å²) >= 11 is 6.00. The quantitative estimate of drug-likeness (QED) is 0.776. The van der Waals surface area contributed by atoms with Gasteiger partial charge in [0.1, 0.15) is 6.61 Å². The van der Waals surface area contributed by atoms with Gasteiger partial charge in [0, 0.05) is 23.7 Å². The van der Waals surface area contributed by atoms with E-state index in [-0.39, 0.29) is 0 Å². The van der Waals surface area contributed by atoms with Crippen LogP contribution in [0.5, 0.6) is 11.5 Å². The third-order valence-corrected chi connectivity index (χ3v) is 3.54. The van der Waals surface area contributed by atoms with Crippen molar-refractivity contribution in [1.82, 2.24) is 5.32 Å². The van der Waals surface area contributed by atoms with E-state index in [0.29, 0.717) is 36.2 Å². The summed E-state index contributed by atoms with van der Waals surface area (Å²) in [4.78, 5) is 0. The molecule has 0 aliphatic carbocycles. The highest BCUT2D eigenvalue weighted by atomic mass is 35.5. The summed E-state index contributed by atoms with van der Waals surface area (Å²) in [6.07, 6.45) is -0.392. The molecule has 5 heteroatoms. The molecule has 0 amide bonds. The number of halogens is 1. The molecule has 0 spiro atoms. The molecule has 0 heterocycles. The molecule has 0 aliphatic heterocycles. The minimum absolute atomic E-state index is 0.392. The van der Waals surface area contributed by atoms with Crippen LogP contribution in [0, 0.1) is 0 Å². The maximum absolute atomic E-state index is 9.35. The number of ether oxygens (including phenoxy) is 2. The zero-order valence-electron chi connectivity index (χ0n) is 13.4. The lowest BCUT2D eigenvalue weighted by molar-refractivity contribution is 0.190. The Labute approximate surface area is 142 Å². The van der Waals surface area contributed by atoms with Crippen LogP contribution in [0.2, 0.25) is 5.02 Å². The Kier molecular flexibility index (Phi) is 6.71. The molecular formula is C18H22ClNO3. The largest absolute Gasteiger partial charge is 0.493 e. The molecule has 2 rings (SSSR count). The SMILES string of the molecule is COc1cccc(CNC[C@@H](C)O)c1OCc1cccc(Cl)c1. The van der Waals surface area contributed by atoms with Gasteiger partial charge in [-0.25, -0.2) is 0 Å². The number of benzene rings is 2. The number of para-hydroxylation sites is 1. The molecule has 0 bridgehead atoms. The number of nitrogens with one attached hydrogen (secondary N) is 1. The van der Waals surface area contributed by atoms with Crippen molar-refractivity contribution in [2.45, 2.75) is 26.2 Å². The van der Waals surface area contributed by atoms with Gasteiger partial charge in [0.15, 0.2) is 11.5 Å². The minimum Gasteiger partial charge on any atom is -0.493 e. The molecule has 4 nitrogen and oxygen atoms in total. The molecule has 2 aromatic rings. The van der Waals surface area contributed by atoms with E-state index in [9.17, 15) is 5.11 Å². The fourth-order valence-corrected chi connectivity index (χ4v) is 2.44. The van der Waals surface area contributed by atoms with Gasteiger partial charge in [0.2, 0.25) is 0 Å². The lowest BCUT2D eigenvalue weighted by Gasteiger charge is -2.16. The monoisotopic (exact) mass is 335 g/mol. The summed E-state index contributed by atoms with van der Waals surface area (Å²) < 4.78 is 11.4. The highest BCUT2D eigenvalue weighted by Crippen LogP contribution is 2.32. The van der Waals surface area contributed by atoms with Crippen molar-refractivity contribution in [2.75, 3.05) is 13.7 Å². The molecule has 0 saturated carbocycles. The number of rotatable bonds is 8. The van der Waals surface area contributed by atoms with Crippen molar-refractivity contribution in [3.05, 3.63) is 58.6 Å². The number of hydrogen-bond donors (Lipinski definition) is 2. The van der Waals surface area contributed by atoms with Crippen molar-refractivity contribution in [3.8, 4) is 11.5 Å². The van der Waals surface area contributed by atoms with Crippen molar-refractivity contribution >= 4 is 11.6 Å². The highest BCUT2D eigenvalue weighted by Gasteiger charge is 2.11. The molecule has 0 radical (unpaired) electrons. The zero-order valence-corrected chi connectivity index (χ0v) is 14.1. The number of methoxy groups -OCH3 is 1. The van der Waals surface area contributed by atoms with E-state index in [1.807, 2.05) is 42.5 Å². The van der Waals surface area contributed by atoms with E-state index in [4.69, 9.17) is 21.1 Å². The molecule has 0 aliphatic rings. The Balaban J connectivity index is 2.11. The normalized spacial score (nSPS) is 12.0. The van der Waals surface area contributed by atoms with Crippen molar-refractivity contribution in [2.24, 2.45) is 0 Å². The molecule has 1 atom stereocenters. The van der Waals surface area contributed by atoms with Crippen LogP contribution in [0.15, 0.2) is 42.5 Å². The lowest BCUT2D eigenvalue weighted by Crippen LogP contribution is -2.24. The van der Waals surface area contributed by atoms with Crippen LogP contribution >= 0.6 is 11.6 Å². The van der Waals surface area contributed by atoms with Crippen LogP contribution < -0.4 is 14.8 Å². The van der Waals surface area contributed by atoms with Crippen LogP contribution in [-0.2, 0) is 13.2 Å². The van der Waals surface area contributed by atoms with Crippen LogP contribution in [-0.4, -0.2) is 24.9 Å². The van der Waals surface area contributed by atoms with Gasteiger partial charge in [-0.1, -0.05) is 35.9 Å². The van der Waals surface area contributed by atoms with Crippen molar-refractivity contribution < 1.29 is 14.6 Å². The van der Waals surface area contributed by atoms with Crippen LogP contribution in [0.3, 0.4) is 0 Å². The number of aliphatic hydroxyl groups is 1. The fraction of sp³-hybridized carbons (Fsp3) is 0.333. The fourth-order valence-electron chi connectivity index (χ4n) is 2.22. The first kappa shape index (κ1) is 17.6. The van der Waals surface area contributed by atoms with Crippen molar-refractivity contribution in [3.63, 3.8) is 0 Å². The van der Waals surface area contributed by atoms with Crippen LogP contribution in [0.4, 0.5) is 0 Å². The second-order valence-corrected chi connectivity index (χ2v) is 5.78. The summed E-state index contributed by atoms with van der Waals surface area (Å²) in [7, 11) is 1.62. The second-order valence-electron chi connectivity index (χ2n) is 5.35. The van der Waals surface area contributed by atoms with E-state index >= 15 is 0 Å². The summed E-state index contributed by atoms with van der Waals surface area (Å²) in [5.41, 5.74) is 1.97. The molecule has 0 aromatic heterocycles. The van der Waals surface area contributed by atoms with Crippen LogP contribution in [0.25, 0.3) is 0 Å². The molecule has 0 unspecified atom stereocenters. The zero-order chi connectivity index (χ0) is 16.7. The Hall–Kier alpha value is -1.75. The lowest BCUT2D eigenvalue weighted by atomic mass is 10.1. The van der Waals surface area contributed by atoms with Gasteiger partial charge in [-0.2, -0.15) is 0 Å². The summed E-state index contributed by atoms with van der Waals surface area (Å²) in [5.74, 6) is 1.39. The van der Waals surface area contributed by atoms with E-state index in [0.717, 1.165) is 11.1 Å². The number of hydrogen-bond acceptors (Lipinski definition) is 4. The maximum atomic E-state index is 9.35. The molecule has 124 valence electrons. The average Bonchev–Trinajstić information content (AvgIpc) is 2.53. The van der Waals surface area contributed by atoms with E-state index in [2.05, 4.69) is 5.32 Å². The molecule has 2 N–H and O–H groups in total. The average molecular weight is 336 g/mol. The van der Waals surface area contributed by atoms with Crippen LogP contribution in [0.1, 0.15) is 18.1 Å².